The summed E-state index contributed by atoms with van der Waals surface area (Å²) in [6, 6.07) is 5.63. The number of carbonyl (C=O) groups is 1. The number of amides is 1. The minimum Gasteiger partial charge on any atom is -0.490 e. The van der Waals surface area contributed by atoms with Gasteiger partial charge in [0, 0.05) is 42.5 Å². The molecule has 1 fully saturated rings. The zero-order chi connectivity index (χ0) is 20.9. The van der Waals surface area contributed by atoms with Crippen molar-refractivity contribution in [3.63, 3.8) is 0 Å². The van der Waals surface area contributed by atoms with E-state index in [1.54, 1.807) is 12.1 Å². The van der Waals surface area contributed by atoms with Crippen LogP contribution in [0.2, 0.25) is 0 Å². The molecule has 1 aliphatic rings. The lowest BCUT2D eigenvalue weighted by Gasteiger charge is -2.27. The molecule has 1 aliphatic heterocycles. The summed E-state index contributed by atoms with van der Waals surface area (Å²) in [6.07, 6.45) is 1.69. The van der Waals surface area contributed by atoms with E-state index in [0.717, 1.165) is 30.9 Å². The van der Waals surface area contributed by atoms with E-state index in [9.17, 15) is 4.79 Å². The van der Waals surface area contributed by atoms with Crippen LogP contribution in [0.4, 0.5) is 5.13 Å². The smallest absolute Gasteiger partial charge is 0.257 e. The number of hydrogen-bond acceptors (Lipinski definition) is 6. The van der Waals surface area contributed by atoms with Crippen molar-refractivity contribution in [1.82, 2.24) is 15.6 Å². The molecule has 1 aromatic carbocycles. The van der Waals surface area contributed by atoms with Gasteiger partial charge in [0.1, 0.15) is 12.4 Å². The molecule has 0 aliphatic carbocycles. The van der Waals surface area contributed by atoms with E-state index in [4.69, 9.17) is 4.74 Å². The van der Waals surface area contributed by atoms with E-state index in [-0.39, 0.29) is 11.3 Å². The molecule has 0 unspecified atom stereocenters. The fourth-order valence-electron chi connectivity index (χ4n) is 2.89. The van der Waals surface area contributed by atoms with Crippen LogP contribution in [0, 0.1) is 5.92 Å². The first-order valence-corrected chi connectivity index (χ1v) is 10.8. The molecule has 7 heteroatoms. The Kier molecular flexibility index (Phi) is 7.05. The Balaban J connectivity index is 1.70. The van der Waals surface area contributed by atoms with Crippen molar-refractivity contribution in [3.05, 3.63) is 53.1 Å². The minimum absolute atomic E-state index is 0.0489. The molecule has 1 aromatic heterocycles. The number of nitrogens with zero attached hydrogens (tertiary/aromatic N) is 1. The summed E-state index contributed by atoms with van der Waals surface area (Å²) in [5.74, 6) is 1.15. The van der Waals surface area contributed by atoms with E-state index in [1.807, 2.05) is 17.5 Å². The average Bonchev–Trinajstić information content (AvgIpc) is 3.11. The fourth-order valence-corrected chi connectivity index (χ4v) is 3.82. The topological polar surface area (TPSA) is 75.3 Å². The van der Waals surface area contributed by atoms with Crippen LogP contribution in [0.5, 0.6) is 5.75 Å². The van der Waals surface area contributed by atoms with Gasteiger partial charge < -0.3 is 15.4 Å². The summed E-state index contributed by atoms with van der Waals surface area (Å²) in [5.41, 5.74) is 2.49. The summed E-state index contributed by atoms with van der Waals surface area (Å²) in [6.45, 7) is 14.2. The van der Waals surface area contributed by atoms with Crippen molar-refractivity contribution in [2.24, 2.45) is 5.92 Å². The Morgan fingerprint density at radius 3 is 2.79 bits per heavy atom. The van der Waals surface area contributed by atoms with Gasteiger partial charge in [-0.15, -0.1) is 11.3 Å². The van der Waals surface area contributed by atoms with Crippen LogP contribution in [0.1, 0.15) is 42.4 Å². The zero-order valence-corrected chi connectivity index (χ0v) is 18.2. The summed E-state index contributed by atoms with van der Waals surface area (Å²) >= 11 is 1.44. The number of aromatic nitrogens is 1. The Hall–Kier alpha value is -2.22. The number of ether oxygens (including phenoxy) is 1. The highest BCUT2D eigenvalue weighted by atomic mass is 32.1. The first kappa shape index (κ1) is 21.5. The van der Waals surface area contributed by atoms with Crippen molar-refractivity contribution < 1.29 is 9.53 Å². The van der Waals surface area contributed by atoms with Crippen molar-refractivity contribution >= 4 is 22.4 Å². The molecule has 0 saturated carbocycles. The number of thiazole rings is 1. The third-order valence-corrected chi connectivity index (χ3v) is 5.48. The number of nitrogens with one attached hydrogen (secondary N) is 3. The molecule has 2 aromatic rings. The average molecular weight is 415 g/mol. The molecular weight excluding hydrogens is 384 g/mol. The molecule has 2 heterocycles. The molecule has 3 rings (SSSR count). The molecule has 0 atom stereocenters. The normalized spacial score (nSPS) is 14.3. The summed E-state index contributed by atoms with van der Waals surface area (Å²) < 4.78 is 5.70. The van der Waals surface area contributed by atoms with Gasteiger partial charge in [0.25, 0.3) is 5.91 Å². The second-order valence-electron chi connectivity index (χ2n) is 8.36. The standard InChI is InChI=1S/C22H30N4O2S/c1-5-6-28-18-8-15(10-23-11-16-12-24-13-16)7-17(9-18)20(27)26-21-25-19(14-29-21)22(2,3)4/h5,7-9,14,16,23-24H,1,6,10-13H2,2-4H3,(H,25,26,27). The molecular formula is C22H30N4O2S. The van der Waals surface area contributed by atoms with Crippen molar-refractivity contribution in [3.8, 4) is 5.75 Å². The Labute approximate surface area is 176 Å². The number of benzene rings is 1. The van der Waals surface area contributed by atoms with Crippen LogP contribution in [0.25, 0.3) is 0 Å². The van der Waals surface area contributed by atoms with Crippen LogP contribution in [-0.4, -0.2) is 37.1 Å². The highest BCUT2D eigenvalue weighted by Gasteiger charge is 2.19. The predicted molar refractivity (Wildman–Crippen MR) is 119 cm³/mol. The SMILES string of the molecule is C=CCOc1cc(CNCC2CNC2)cc(C(=O)Nc2nc(C(C)(C)C)cs2)c1. The van der Waals surface area contributed by atoms with Gasteiger partial charge in [-0.05, 0) is 29.7 Å². The third-order valence-electron chi connectivity index (χ3n) is 4.72. The first-order valence-electron chi connectivity index (χ1n) is 9.91. The van der Waals surface area contributed by atoms with Gasteiger partial charge in [-0.2, -0.15) is 0 Å². The fraction of sp³-hybridized carbons (Fsp3) is 0.455. The third kappa shape index (κ3) is 6.13. The monoisotopic (exact) mass is 414 g/mol. The van der Waals surface area contributed by atoms with Gasteiger partial charge in [-0.1, -0.05) is 33.4 Å². The lowest BCUT2D eigenvalue weighted by molar-refractivity contribution is 0.102. The quantitative estimate of drug-likeness (QED) is 0.547. The second kappa shape index (κ2) is 9.52. The largest absolute Gasteiger partial charge is 0.490 e. The second-order valence-corrected chi connectivity index (χ2v) is 9.22. The molecule has 1 saturated heterocycles. The van der Waals surface area contributed by atoms with E-state index >= 15 is 0 Å². The maximum absolute atomic E-state index is 12.8. The lowest BCUT2D eigenvalue weighted by Crippen LogP contribution is -2.47. The highest BCUT2D eigenvalue weighted by molar-refractivity contribution is 7.14. The zero-order valence-electron chi connectivity index (χ0n) is 17.4. The van der Waals surface area contributed by atoms with Crippen molar-refractivity contribution in [2.75, 3.05) is 31.6 Å². The van der Waals surface area contributed by atoms with E-state index < -0.39 is 0 Å². The summed E-state index contributed by atoms with van der Waals surface area (Å²) in [7, 11) is 0. The van der Waals surface area contributed by atoms with Gasteiger partial charge in [-0.25, -0.2) is 4.98 Å². The van der Waals surface area contributed by atoms with Crippen LogP contribution >= 0.6 is 11.3 Å². The van der Waals surface area contributed by atoms with Crippen molar-refractivity contribution in [1.29, 1.82) is 0 Å². The van der Waals surface area contributed by atoms with Gasteiger partial charge in [0.05, 0.1) is 5.69 Å². The summed E-state index contributed by atoms with van der Waals surface area (Å²) in [4.78, 5) is 17.4. The van der Waals surface area contributed by atoms with Gasteiger partial charge in [-0.3, -0.25) is 10.1 Å². The molecule has 0 radical (unpaired) electrons. The van der Waals surface area contributed by atoms with Crippen LogP contribution < -0.4 is 20.7 Å². The first-order chi connectivity index (χ1) is 13.8. The van der Waals surface area contributed by atoms with Gasteiger partial charge in [0.2, 0.25) is 0 Å². The predicted octanol–water partition coefficient (Wildman–Crippen LogP) is 3.57. The van der Waals surface area contributed by atoms with Crippen LogP contribution in [-0.2, 0) is 12.0 Å². The number of carbonyl (C=O) groups excluding carboxylic acids is 1. The Morgan fingerprint density at radius 2 is 2.17 bits per heavy atom. The molecule has 156 valence electrons. The maximum atomic E-state index is 12.8. The van der Waals surface area contributed by atoms with E-state index in [1.165, 1.54) is 11.3 Å². The minimum atomic E-state index is -0.187. The molecule has 29 heavy (non-hydrogen) atoms. The van der Waals surface area contributed by atoms with Gasteiger partial charge in [0.15, 0.2) is 5.13 Å². The number of rotatable bonds is 9. The number of anilines is 1. The van der Waals surface area contributed by atoms with Crippen molar-refractivity contribution in [2.45, 2.75) is 32.7 Å². The van der Waals surface area contributed by atoms with Crippen LogP contribution in [0.15, 0.2) is 36.2 Å². The molecule has 3 N–H and O–H groups in total. The van der Waals surface area contributed by atoms with Crippen LogP contribution in [0.3, 0.4) is 0 Å². The van der Waals surface area contributed by atoms with E-state index in [2.05, 4.69) is 48.3 Å². The Bertz CT molecular complexity index is 853. The Morgan fingerprint density at radius 1 is 1.38 bits per heavy atom. The molecule has 1 amide bonds. The molecule has 0 spiro atoms. The summed E-state index contributed by atoms with van der Waals surface area (Å²) in [5, 5.41) is 12.3. The van der Waals surface area contributed by atoms with Gasteiger partial charge >= 0.3 is 0 Å². The molecule has 6 nitrogen and oxygen atoms in total. The maximum Gasteiger partial charge on any atom is 0.257 e. The number of hydrogen-bond donors (Lipinski definition) is 3. The highest BCUT2D eigenvalue weighted by Crippen LogP contribution is 2.27. The van der Waals surface area contributed by atoms with E-state index in [0.29, 0.717) is 35.5 Å². The molecule has 0 bridgehead atoms. The lowest BCUT2D eigenvalue weighted by atomic mass is 9.93.